The molecule has 0 radical (unpaired) electrons. The molecule has 0 unspecified atom stereocenters. The Hall–Kier alpha value is -2.21. The molecule has 0 spiro atoms. The Labute approximate surface area is 113 Å². The molecule has 1 N–H and O–H groups in total. The van der Waals surface area contributed by atoms with E-state index in [1.54, 1.807) is 5.38 Å². The second kappa shape index (κ2) is 4.47. The molecular weight excluding hydrogens is 262 g/mol. The Balaban J connectivity index is 2.04. The van der Waals surface area contributed by atoms with Crippen LogP contribution in [0.2, 0.25) is 0 Å². The van der Waals surface area contributed by atoms with Crippen molar-refractivity contribution in [3.63, 3.8) is 0 Å². The normalized spacial score (nSPS) is 13.9. The third-order valence-corrected chi connectivity index (χ3v) is 3.72. The fourth-order valence-corrected chi connectivity index (χ4v) is 2.83. The van der Waals surface area contributed by atoms with E-state index >= 15 is 0 Å². The number of carbonyl (C=O) groups excluding carboxylic acids is 2. The van der Waals surface area contributed by atoms with Crippen molar-refractivity contribution in [2.45, 2.75) is 6.92 Å². The minimum absolute atomic E-state index is 0.0720. The Morgan fingerprint density at radius 2 is 2.21 bits per heavy atom. The second-order valence-electron chi connectivity index (χ2n) is 4.22. The second-order valence-corrected chi connectivity index (χ2v) is 5.06. The van der Waals surface area contributed by atoms with Gasteiger partial charge < -0.3 is 10.2 Å². The van der Waals surface area contributed by atoms with Crippen LogP contribution in [0.3, 0.4) is 0 Å². The molecule has 0 saturated heterocycles. The standard InChI is InChI=1S/C13H11N3O2S/c1-8(17)10-7-19-13(15-10)16-6-12(18)14-9-4-2-3-5-11(9)16/h2-5,7H,6H2,1H3,(H,14,18). The lowest BCUT2D eigenvalue weighted by molar-refractivity contribution is -0.115. The highest BCUT2D eigenvalue weighted by molar-refractivity contribution is 7.14. The van der Waals surface area contributed by atoms with Crippen LogP contribution in [-0.2, 0) is 4.79 Å². The van der Waals surface area contributed by atoms with Crippen molar-refractivity contribution in [2.24, 2.45) is 0 Å². The first-order valence-corrected chi connectivity index (χ1v) is 6.66. The third kappa shape index (κ3) is 2.10. The molecule has 19 heavy (non-hydrogen) atoms. The van der Waals surface area contributed by atoms with Crippen molar-refractivity contribution < 1.29 is 9.59 Å². The number of hydrogen-bond donors (Lipinski definition) is 1. The van der Waals surface area contributed by atoms with Crippen molar-refractivity contribution in [3.8, 4) is 0 Å². The van der Waals surface area contributed by atoms with E-state index in [0.717, 1.165) is 11.4 Å². The Morgan fingerprint density at radius 3 is 2.95 bits per heavy atom. The number of nitrogens with one attached hydrogen (secondary N) is 1. The van der Waals surface area contributed by atoms with Crippen LogP contribution in [0.5, 0.6) is 0 Å². The van der Waals surface area contributed by atoms with Gasteiger partial charge in [-0.1, -0.05) is 12.1 Å². The smallest absolute Gasteiger partial charge is 0.244 e. The number of nitrogens with zero attached hydrogens (tertiary/aromatic N) is 2. The summed E-state index contributed by atoms with van der Waals surface area (Å²) in [5.41, 5.74) is 2.09. The maximum atomic E-state index is 11.7. The van der Waals surface area contributed by atoms with Crippen LogP contribution in [0.25, 0.3) is 0 Å². The third-order valence-electron chi connectivity index (χ3n) is 2.85. The minimum atomic E-state index is -0.0849. The topological polar surface area (TPSA) is 62.3 Å². The number of benzene rings is 1. The molecule has 5 nitrogen and oxygen atoms in total. The van der Waals surface area contributed by atoms with Gasteiger partial charge in [0, 0.05) is 12.3 Å². The Bertz CT molecular complexity index is 665. The van der Waals surface area contributed by atoms with Crippen LogP contribution >= 0.6 is 11.3 Å². The van der Waals surface area contributed by atoms with E-state index in [-0.39, 0.29) is 18.2 Å². The molecule has 1 aromatic carbocycles. The van der Waals surface area contributed by atoms with E-state index in [1.165, 1.54) is 18.3 Å². The fourth-order valence-electron chi connectivity index (χ4n) is 1.95. The van der Waals surface area contributed by atoms with Gasteiger partial charge in [0.25, 0.3) is 0 Å². The Morgan fingerprint density at radius 1 is 1.42 bits per heavy atom. The number of amides is 1. The van der Waals surface area contributed by atoms with Crippen LogP contribution in [0.15, 0.2) is 29.6 Å². The highest BCUT2D eigenvalue weighted by atomic mass is 32.1. The molecule has 1 aromatic heterocycles. The van der Waals surface area contributed by atoms with Crippen molar-refractivity contribution >= 4 is 39.5 Å². The van der Waals surface area contributed by atoms with Crippen LogP contribution in [0.4, 0.5) is 16.5 Å². The molecule has 1 aliphatic rings. The maximum absolute atomic E-state index is 11.7. The zero-order chi connectivity index (χ0) is 13.4. The number of hydrogen-bond acceptors (Lipinski definition) is 5. The largest absolute Gasteiger partial charge is 0.323 e. The van der Waals surface area contributed by atoms with Gasteiger partial charge in [0.05, 0.1) is 11.4 Å². The van der Waals surface area contributed by atoms with Crippen molar-refractivity contribution in [1.82, 2.24) is 4.98 Å². The van der Waals surface area contributed by atoms with Gasteiger partial charge in [-0.15, -0.1) is 11.3 Å². The SMILES string of the molecule is CC(=O)c1csc(N2CC(=O)Nc3ccccc32)n1. The van der Waals surface area contributed by atoms with Crippen molar-refractivity contribution in [2.75, 3.05) is 16.8 Å². The highest BCUT2D eigenvalue weighted by Gasteiger charge is 2.25. The summed E-state index contributed by atoms with van der Waals surface area (Å²) >= 11 is 1.36. The van der Waals surface area contributed by atoms with Crippen LogP contribution in [0.1, 0.15) is 17.4 Å². The first kappa shape index (κ1) is 11.9. The van der Waals surface area contributed by atoms with Gasteiger partial charge in [0.15, 0.2) is 10.9 Å². The number of aromatic nitrogens is 1. The molecule has 1 aliphatic heterocycles. The first-order chi connectivity index (χ1) is 9.15. The van der Waals surface area contributed by atoms with Gasteiger partial charge in [-0.2, -0.15) is 0 Å². The molecule has 3 rings (SSSR count). The maximum Gasteiger partial charge on any atom is 0.244 e. The number of ketones is 1. The summed E-state index contributed by atoms with van der Waals surface area (Å²) in [6.07, 6.45) is 0. The van der Waals surface area contributed by atoms with Crippen LogP contribution in [-0.4, -0.2) is 23.2 Å². The lowest BCUT2D eigenvalue weighted by atomic mass is 10.2. The van der Waals surface area contributed by atoms with Gasteiger partial charge in [-0.25, -0.2) is 4.98 Å². The lowest BCUT2D eigenvalue weighted by Gasteiger charge is -2.28. The summed E-state index contributed by atoms with van der Waals surface area (Å²) in [6.45, 7) is 1.69. The minimum Gasteiger partial charge on any atom is -0.323 e. The summed E-state index contributed by atoms with van der Waals surface area (Å²) in [5.74, 6) is -0.157. The summed E-state index contributed by atoms with van der Waals surface area (Å²) in [5, 5.41) is 5.19. The molecule has 2 aromatic rings. The zero-order valence-electron chi connectivity index (χ0n) is 10.2. The predicted molar refractivity (Wildman–Crippen MR) is 74.2 cm³/mol. The van der Waals surface area contributed by atoms with Gasteiger partial charge in [0.2, 0.25) is 5.91 Å². The van der Waals surface area contributed by atoms with Gasteiger partial charge >= 0.3 is 0 Å². The quantitative estimate of drug-likeness (QED) is 0.854. The lowest BCUT2D eigenvalue weighted by Crippen LogP contribution is -2.34. The molecule has 0 atom stereocenters. The number of anilines is 3. The molecular formula is C13H11N3O2S. The number of fused-ring (bicyclic) bond motifs is 1. The first-order valence-electron chi connectivity index (χ1n) is 5.78. The van der Waals surface area contributed by atoms with Gasteiger partial charge in [-0.3, -0.25) is 9.59 Å². The van der Waals surface area contributed by atoms with Crippen LogP contribution < -0.4 is 10.2 Å². The molecule has 0 aliphatic carbocycles. The van der Waals surface area contributed by atoms with Gasteiger partial charge in [-0.05, 0) is 12.1 Å². The molecule has 6 heteroatoms. The van der Waals surface area contributed by atoms with E-state index in [0.29, 0.717) is 10.8 Å². The Kier molecular flexibility index (Phi) is 2.79. The van der Waals surface area contributed by atoms with E-state index < -0.39 is 0 Å². The highest BCUT2D eigenvalue weighted by Crippen LogP contribution is 2.36. The fraction of sp³-hybridized carbons (Fsp3) is 0.154. The van der Waals surface area contributed by atoms with E-state index in [2.05, 4.69) is 10.3 Å². The molecule has 0 bridgehead atoms. The zero-order valence-corrected chi connectivity index (χ0v) is 11.0. The van der Waals surface area contributed by atoms with Crippen molar-refractivity contribution in [3.05, 3.63) is 35.3 Å². The average Bonchev–Trinajstić information content (AvgIpc) is 2.87. The average molecular weight is 273 g/mol. The number of rotatable bonds is 2. The van der Waals surface area contributed by atoms with Crippen LogP contribution in [0, 0.1) is 0 Å². The number of para-hydroxylation sites is 2. The summed E-state index contributed by atoms with van der Waals surface area (Å²) in [6, 6.07) is 7.54. The molecule has 1 amide bonds. The van der Waals surface area contributed by atoms with E-state index in [9.17, 15) is 9.59 Å². The monoisotopic (exact) mass is 273 g/mol. The van der Waals surface area contributed by atoms with E-state index in [1.807, 2.05) is 29.2 Å². The number of Topliss-reactive ketones (excluding diaryl/α,β-unsaturated/α-hetero) is 1. The molecule has 2 heterocycles. The summed E-state index contributed by atoms with van der Waals surface area (Å²) in [7, 11) is 0. The van der Waals surface area contributed by atoms with Crippen molar-refractivity contribution in [1.29, 1.82) is 0 Å². The predicted octanol–water partition coefficient (Wildman–Crippen LogP) is 2.44. The molecule has 0 fully saturated rings. The number of carbonyl (C=O) groups is 2. The number of thiazole rings is 1. The van der Waals surface area contributed by atoms with E-state index in [4.69, 9.17) is 0 Å². The van der Waals surface area contributed by atoms with Gasteiger partial charge in [0.1, 0.15) is 12.2 Å². The summed E-state index contributed by atoms with van der Waals surface area (Å²) in [4.78, 5) is 29.1. The summed E-state index contributed by atoms with van der Waals surface area (Å²) < 4.78 is 0. The molecule has 0 saturated carbocycles. The molecule has 96 valence electrons.